The van der Waals surface area contributed by atoms with Crippen molar-refractivity contribution in [3.05, 3.63) is 53.3 Å². The molecule has 0 unspecified atom stereocenters. The Balaban J connectivity index is 1.64. The van der Waals surface area contributed by atoms with Crippen LogP contribution in [0.3, 0.4) is 0 Å². The molecule has 1 aliphatic rings. The van der Waals surface area contributed by atoms with Crippen molar-refractivity contribution < 1.29 is 33.0 Å². The largest absolute Gasteiger partial charge is 0.493 e. The molecule has 0 atom stereocenters. The van der Waals surface area contributed by atoms with Gasteiger partial charge in [-0.2, -0.15) is 0 Å². The molecule has 3 amide bonds. The van der Waals surface area contributed by atoms with Crippen LogP contribution in [0.25, 0.3) is 0 Å². The maximum atomic E-state index is 13.1. The summed E-state index contributed by atoms with van der Waals surface area (Å²) in [5.74, 6) is -0.914. The molecule has 0 aliphatic carbocycles. The van der Waals surface area contributed by atoms with Crippen LogP contribution in [0.15, 0.2) is 36.4 Å². The first-order chi connectivity index (χ1) is 15.8. The summed E-state index contributed by atoms with van der Waals surface area (Å²) in [6, 6.07) is 8.28. The molecule has 0 bridgehead atoms. The number of nitrogens with one attached hydrogen (secondary N) is 1. The van der Waals surface area contributed by atoms with Crippen molar-refractivity contribution in [2.45, 2.75) is 18.9 Å². The highest BCUT2D eigenvalue weighted by atomic mass is 19.1. The van der Waals surface area contributed by atoms with Crippen LogP contribution in [0.2, 0.25) is 0 Å². The van der Waals surface area contributed by atoms with E-state index in [1.165, 1.54) is 50.6 Å². The first-order valence-corrected chi connectivity index (χ1v) is 10.3. The summed E-state index contributed by atoms with van der Waals surface area (Å²) in [6.07, 6.45) is 1.15. The minimum atomic E-state index is -0.659. The van der Waals surface area contributed by atoms with E-state index in [0.29, 0.717) is 37.1 Å². The predicted molar refractivity (Wildman–Crippen MR) is 117 cm³/mol. The molecule has 1 heterocycles. The molecule has 0 saturated carbocycles. The van der Waals surface area contributed by atoms with Gasteiger partial charge in [0.15, 0.2) is 18.1 Å². The summed E-state index contributed by atoms with van der Waals surface area (Å²) in [7, 11) is 2.82. The third-order valence-electron chi connectivity index (χ3n) is 5.29. The molecule has 0 spiro atoms. The molecular formula is C23H26FN3O6. The molecule has 0 aromatic heterocycles. The van der Waals surface area contributed by atoms with Crippen LogP contribution < -0.4 is 25.3 Å². The van der Waals surface area contributed by atoms with E-state index in [0.717, 1.165) is 0 Å². The van der Waals surface area contributed by atoms with Crippen molar-refractivity contribution >= 4 is 17.7 Å². The zero-order chi connectivity index (χ0) is 24.0. The highest BCUT2D eigenvalue weighted by Crippen LogP contribution is 2.39. The van der Waals surface area contributed by atoms with Gasteiger partial charge in [0.05, 0.1) is 14.2 Å². The van der Waals surface area contributed by atoms with Crippen molar-refractivity contribution in [2.75, 3.05) is 33.9 Å². The molecule has 1 saturated heterocycles. The van der Waals surface area contributed by atoms with Gasteiger partial charge in [0.1, 0.15) is 5.82 Å². The number of nitrogens with zero attached hydrogens (tertiary/aromatic N) is 1. The second kappa shape index (κ2) is 10.7. The molecule has 3 rings (SSSR count). The first-order valence-electron chi connectivity index (χ1n) is 10.3. The quantitative estimate of drug-likeness (QED) is 0.621. The van der Waals surface area contributed by atoms with Crippen LogP contribution in [-0.2, 0) is 4.79 Å². The van der Waals surface area contributed by atoms with Crippen molar-refractivity contribution in [1.82, 2.24) is 10.2 Å². The summed E-state index contributed by atoms with van der Waals surface area (Å²) in [5, 5.41) is 2.93. The number of hydrogen-bond acceptors (Lipinski definition) is 6. The Labute approximate surface area is 190 Å². The standard InChI is InChI=1S/C23H26FN3O6/c1-31-18-11-15(12-19(32-2)21(18)33-13-20(25)28)23(30)27-9-7-17(8-10-27)26-22(29)14-3-5-16(24)6-4-14/h3-6,11-12,17H,7-10,13H2,1-2H3,(H2,25,28)(H,26,29). The van der Waals surface area contributed by atoms with Gasteiger partial charge in [0.25, 0.3) is 17.7 Å². The van der Waals surface area contributed by atoms with Crippen molar-refractivity contribution in [2.24, 2.45) is 5.73 Å². The zero-order valence-electron chi connectivity index (χ0n) is 18.4. The second-order valence-corrected chi connectivity index (χ2v) is 7.51. The fraction of sp³-hybridized carbons (Fsp3) is 0.348. The minimum Gasteiger partial charge on any atom is -0.493 e. The number of halogens is 1. The SMILES string of the molecule is COc1cc(C(=O)N2CCC(NC(=O)c3ccc(F)cc3)CC2)cc(OC)c1OCC(N)=O. The van der Waals surface area contributed by atoms with Crippen LogP contribution in [0, 0.1) is 5.82 Å². The van der Waals surface area contributed by atoms with Crippen LogP contribution >= 0.6 is 0 Å². The summed E-state index contributed by atoms with van der Waals surface area (Å²) in [4.78, 5) is 38.2. The predicted octanol–water partition coefficient (Wildman–Crippen LogP) is 1.74. The van der Waals surface area contributed by atoms with Crippen molar-refractivity contribution in [1.29, 1.82) is 0 Å². The number of methoxy groups -OCH3 is 2. The number of amides is 3. The third kappa shape index (κ3) is 5.91. The average Bonchev–Trinajstić information content (AvgIpc) is 2.82. The summed E-state index contributed by atoms with van der Waals surface area (Å²) in [5.41, 5.74) is 5.85. The van der Waals surface area contributed by atoms with E-state index >= 15 is 0 Å². The molecule has 3 N–H and O–H groups in total. The topological polar surface area (TPSA) is 120 Å². The number of likely N-dealkylation sites (tertiary alicyclic amines) is 1. The molecule has 0 radical (unpaired) electrons. The third-order valence-corrected chi connectivity index (χ3v) is 5.29. The Morgan fingerprint density at radius 2 is 1.61 bits per heavy atom. The number of piperidine rings is 1. The molecule has 176 valence electrons. The van der Waals surface area contributed by atoms with E-state index in [1.807, 2.05) is 0 Å². The van der Waals surface area contributed by atoms with Gasteiger partial charge in [0, 0.05) is 30.3 Å². The van der Waals surface area contributed by atoms with Crippen molar-refractivity contribution in [3.63, 3.8) is 0 Å². The van der Waals surface area contributed by atoms with Crippen LogP contribution in [-0.4, -0.2) is 62.6 Å². The summed E-state index contributed by atoms with van der Waals surface area (Å²) >= 11 is 0. The van der Waals surface area contributed by atoms with E-state index in [1.54, 1.807) is 4.90 Å². The van der Waals surface area contributed by atoms with E-state index in [9.17, 15) is 18.8 Å². The van der Waals surface area contributed by atoms with Gasteiger partial charge in [-0.15, -0.1) is 0 Å². The number of rotatable bonds is 8. The molecule has 10 heteroatoms. The van der Waals surface area contributed by atoms with Gasteiger partial charge in [-0.1, -0.05) is 0 Å². The maximum absolute atomic E-state index is 13.1. The highest BCUT2D eigenvalue weighted by Gasteiger charge is 2.27. The average molecular weight is 459 g/mol. The molecule has 33 heavy (non-hydrogen) atoms. The zero-order valence-corrected chi connectivity index (χ0v) is 18.4. The molecule has 2 aromatic carbocycles. The van der Waals surface area contributed by atoms with Gasteiger partial charge in [-0.25, -0.2) is 4.39 Å². The summed E-state index contributed by atoms with van der Waals surface area (Å²) < 4.78 is 29.0. The number of nitrogens with two attached hydrogens (primary N) is 1. The van der Waals surface area contributed by atoms with E-state index in [2.05, 4.69) is 5.32 Å². The normalized spacial score (nSPS) is 13.8. The Morgan fingerprint density at radius 1 is 1.03 bits per heavy atom. The molecule has 2 aromatic rings. The molecule has 1 aliphatic heterocycles. The maximum Gasteiger partial charge on any atom is 0.255 e. The van der Waals surface area contributed by atoms with Gasteiger partial charge < -0.3 is 30.2 Å². The monoisotopic (exact) mass is 459 g/mol. The number of hydrogen-bond donors (Lipinski definition) is 2. The van der Waals surface area contributed by atoms with Gasteiger partial charge in [-0.3, -0.25) is 14.4 Å². The lowest BCUT2D eigenvalue weighted by Crippen LogP contribution is -2.46. The Kier molecular flexibility index (Phi) is 7.70. The van der Waals surface area contributed by atoms with Crippen molar-refractivity contribution in [3.8, 4) is 17.2 Å². The number of carbonyl (C=O) groups excluding carboxylic acids is 3. The lowest BCUT2D eigenvalue weighted by Gasteiger charge is -2.32. The van der Waals surface area contributed by atoms with Crippen LogP contribution in [0.5, 0.6) is 17.2 Å². The van der Waals surface area contributed by atoms with E-state index in [4.69, 9.17) is 19.9 Å². The number of primary amides is 1. The van der Waals surface area contributed by atoms with Gasteiger partial charge in [0.2, 0.25) is 5.75 Å². The fourth-order valence-corrected chi connectivity index (χ4v) is 3.57. The number of benzene rings is 2. The summed E-state index contributed by atoms with van der Waals surface area (Å²) in [6.45, 7) is 0.521. The Bertz CT molecular complexity index is 994. The smallest absolute Gasteiger partial charge is 0.255 e. The highest BCUT2D eigenvalue weighted by molar-refractivity contribution is 5.96. The number of carbonyl (C=O) groups is 3. The van der Waals surface area contributed by atoms with Gasteiger partial charge in [-0.05, 0) is 49.2 Å². The van der Waals surface area contributed by atoms with Gasteiger partial charge >= 0.3 is 0 Å². The van der Waals surface area contributed by atoms with Crippen LogP contribution in [0.4, 0.5) is 4.39 Å². The Morgan fingerprint density at radius 3 is 2.12 bits per heavy atom. The second-order valence-electron chi connectivity index (χ2n) is 7.51. The number of ether oxygens (including phenoxy) is 3. The molecule has 1 fully saturated rings. The fourth-order valence-electron chi connectivity index (χ4n) is 3.57. The van der Waals surface area contributed by atoms with Crippen LogP contribution in [0.1, 0.15) is 33.6 Å². The molecular weight excluding hydrogens is 433 g/mol. The lowest BCUT2D eigenvalue weighted by molar-refractivity contribution is -0.120. The van der Waals surface area contributed by atoms with E-state index < -0.39 is 11.7 Å². The Hall–Kier alpha value is -3.82. The minimum absolute atomic E-state index is 0.0970. The first kappa shape index (κ1) is 23.8. The lowest BCUT2D eigenvalue weighted by atomic mass is 10.0. The van der Waals surface area contributed by atoms with E-state index in [-0.39, 0.29) is 41.7 Å². The molecule has 9 nitrogen and oxygen atoms in total.